The molecule has 0 amide bonds. The van der Waals surface area contributed by atoms with Crippen LogP contribution in [0.1, 0.15) is 5.56 Å². The predicted molar refractivity (Wildman–Crippen MR) is 58.0 cm³/mol. The van der Waals surface area contributed by atoms with Crippen molar-refractivity contribution in [1.82, 2.24) is 0 Å². The largest absolute Gasteiger partial charge is 0.252 e. The summed E-state index contributed by atoms with van der Waals surface area (Å²) in [7, 11) is 0. The first-order chi connectivity index (χ1) is 7.04. The number of hydrogen-bond donors (Lipinski definition) is 0. The second kappa shape index (κ2) is 3.61. The Labute approximate surface area is 87.5 Å². The van der Waals surface area contributed by atoms with Crippen molar-refractivity contribution in [1.29, 1.82) is 0 Å². The van der Waals surface area contributed by atoms with Crippen LogP contribution in [0.15, 0.2) is 42.5 Å². The first-order valence-corrected chi connectivity index (χ1v) is 4.75. The minimum absolute atomic E-state index is 0.308. The Morgan fingerprint density at radius 2 is 1.67 bits per heavy atom. The molecule has 2 aromatic rings. The Morgan fingerprint density at radius 1 is 1.00 bits per heavy atom. The summed E-state index contributed by atoms with van der Waals surface area (Å²) in [6.45, 7) is 2.81. The van der Waals surface area contributed by atoms with Crippen molar-refractivity contribution >= 4 is 10.8 Å². The van der Waals surface area contributed by atoms with Gasteiger partial charge in [0.1, 0.15) is 0 Å². The van der Waals surface area contributed by atoms with E-state index in [0.717, 1.165) is 10.8 Å². The average molecular weight is 205 g/mol. The molecule has 0 aliphatic carbocycles. The summed E-state index contributed by atoms with van der Waals surface area (Å²) in [6.07, 6.45) is -0.308. The van der Waals surface area contributed by atoms with Crippen LogP contribution < -0.4 is 0 Å². The first-order valence-electron chi connectivity index (χ1n) is 4.75. The van der Waals surface area contributed by atoms with Gasteiger partial charge in [-0.1, -0.05) is 42.5 Å². The van der Waals surface area contributed by atoms with Crippen molar-refractivity contribution in [3.63, 3.8) is 0 Å². The normalized spacial score (nSPS) is 11.9. The molecular weight excluding hydrogens is 194 g/mol. The quantitative estimate of drug-likeness (QED) is 0.698. The molecule has 0 saturated heterocycles. The molecule has 2 heteroatoms. The molecule has 0 atom stereocenters. The van der Waals surface area contributed by atoms with Gasteiger partial charge in [0.05, 0.1) is 0 Å². The SMILES string of the molecule is [CH2]C(F)(F)Cc1ccc2ccccc2c1. The average Bonchev–Trinajstić information content (AvgIpc) is 2.15. The third-order valence-corrected chi connectivity index (χ3v) is 2.28. The molecule has 0 spiro atoms. The first kappa shape index (κ1) is 10.1. The van der Waals surface area contributed by atoms with Crippen molar-refractivity contribution < 1.29 is 8.78 Å². The Morgan fingerprint density at radius 3 is 2.33 bits per heavy atom. The van der Waals surface area contributed by atoms with Crippen LogP contribution in [-0.2, 0) is 6.42 Å². The molecule has 0 aliphatic rings. The van der Waals surface area contributed by atoms with Crippen molar-refractivity contribution in [2.24, 2.45) is 0 Å². The predicted octanol–water partition coefficient (Wildman–Crippen LogP) is 3.85. The maximum Gasteiger partial charge on any atom is 0.252 e. The summed E-state index contributed by atoms with van der Waals surface area (Å²) >= 11 is 0. The molecule has 0 aliphatic heterocycles. The monoisotopic (exact) mass is 205 g/mol. The van der Waals surface area contributed by atoms with Gasteiger partial charge in [0.25, 0.3) is 5.92 Å². The van der Waals surface area contributed by atoms with E-state index in [1.165, 1.54) is 0 Å². The van der Waals surface area contributed by atoms with E-state index in [4.69, 9.17) is 0 Å². The van der Waals surface area contributed by atoms with Gasteiger partial charge in [-0.2, -0.15) is 0 Å². The Hall–Kier alpha value is -1.44. The highest BCUT2D eigenvalue weighted by atomic mass is 19.3. The molecule has 0 aromatic heterocycles. The zero-order chi connectivity index (χ0) is 10.9. The lowest BCUT2D eigenvalue weighted by atomic mass is 10.0. The van der Waals surface area contributed by atoms with E-state index in [1.807, 2.05) is 30.3 Å². The number of fused-ring (bicyclic) bond motifs is 1. The minimum Gasteiger partial charge on any atom is -0.207 e. The third-order valence-electron chi connectivity index (χ3n) is 2.28. The fourth-order valence-corrected chi connectivity index (χ4v) is 1.65. The molecule has 77 valence electrons. The fraction of sp³-hybridized carbons (Fsp3) is 0.154. The summed E-state index contributed by atoms with van der Waals surface area (Å²) in [6, 6.07) is 13.1. The van der Waals surface area contributed by atoms with Crippen LogP contribution in [-0.4, -0.2) is 5.92 Å². The van der Waals surface area contributed by atoms with Crippen LogP contribution in [0.4, 0.5) is 8.78 Å². The van der Waals surface area contributed by atoms with Crippen LogP contribution >= 0.6 is 0 Å². The van der Waals surface area contributed by atoms with Crippen LogP contribution in [0.25, 0.3) is 10.8 Å². The minimum atomic E-state index is -2.89. The summed E-state index contributed by atoms with van der Waals surface area (Å²) in [4.78, 5) is 0. The standard InChI is InChI=1S/C13H11F2/c1-13(14,15)9-10-6-7-11-4-2-3-5-12(11)8-10/h2-8H,1,9H2. The van der Waals surface area contributed by atoms with E-state index in [9.17, 15) is 8.78 Å². The van der Waals surface area contributed by atoms with Crippen LogP contribution in [0.5, 0.6) is 0 Å². The highest BCUT2D eigenvalue weighted by molar-refractivity contribution is 5.82. The molecule has 2 aromatic carbocycles. The van der Waals surface area contributed by atoms with E-state index in [0.29, 0.717) is 5.56 Å². The highest BCUT2D eigenvalue weighted by Crippen LogP contribution is 2.22. The molecule has 1 radical (unpaired) electrons. The lowest BCUT2D eigenvalue weighted by molar-refractivity contribution is 0.0525. The molecule has 0 nitrogen and oxygen atoms in total. The van der Waals surface area contributed by atoms with Gasteiger partial charge < -0.3 is 0 Å². The molecule has 0 saturated carbocycles. The smallest absolute Gasteiger partial charge is 0.207 e. The number of rotatable bonds is 2. The maximum atomic E-state index is 12.7. The number of benzene rings is 2. The Balaban J connectivity index is 2.39. The van der Waals surface area contributed by atoms with Gasteiger partial charge in [0.15, 0.2) is 0 Å². The van der Waals surface area contributed by atoms with E-state index in [1.54, 1.807) is 12.1 Å². The van der Waals surface area contributed by atoms with Gasteiger partial charge >= 0.3 is 0 Å². The zero-order valence-electron chi connectivity index (χ0n) is 8.21. The summed E-state index contributed by atoms with van der Waals surface area (Å²) in [5.74, 6) is -2.89. The third kappa shape index (κ3) is 2.52. The van der Waals surface area contributed by atoms with Gasteiger partial charge in [-0.15, -0.1) is 0 Å². The lowest BCUT2D eigenvalue weighted by Crippen LogP contribution is -2.13. The van der Waals surface area contributed by atoms with Crippen LogP contribution in [0.2, 0.25) is 0 Å². The Kier molecular flexibility index (Phi) is 2.43. The van der Waals surface area contributed by atoms with Gasteiger partial charge in [0.2, 0.25) is 0 Å². The number of alkyl halides is 2. The van der Waals surface area contributed by atoms with E-state index >= 15 is 0 Å². The highest BCUT2D eigenvalue weighted by Gasteiger charge is 2.21. The molecule has 2 rings (SSSR count). The summed E-state index contributed by atoms with van der Waals surface area (Å²) in [5.41, 5.74) is 0.619. The molecule has 15 heavy (non-hydrogen) atoms. The van der Waals surface area contributed by atoms with Gasteiger partial charge in [-0.05, 0) is 16.3 Å². The summed E-state index contributed by atoms with van der Waals surface area (Å²) < 4.78 is 25.4. The van der Waals surface area contributed by atoms with E-state index < -0.39 is 5.92 Å². The van der Waals surface area contributed by atoms with Crippen molar-refractivity contribution in [3.05, 3.63) is 55.0 Å². The lowest BCUT2D eigenvalue weighted by Gasteiger charge is -2.10. The van der Waals surface area contributed by atoms with Crippen molar-refractivity contribution in [3.8, 4) is 0 Å². The Bertz CT molecular complexity index is 469. The van der Waals surface area contributed by atoms with E-state index in [-0.39, 0.29) is 6.42 Å². The van der Waals surface area contributed by atoms with Crippen molar-refractivity contribution in [2.45, 2.75) is 12.3 Å². The van der Waals surface area contributed by atoms with Gasteiger partial charge in [0, 0.05) is 13.3 Å². The number of hydrogen-bond acceptors (Lipinski definition) is 0. The molecular formula is C13H11F2. The van der Waals surface area contributed by atoms with E-state index in [2.05, 4.69) is 6.92 Å². The summed E-state index contributed by atoms with van der Waals surface area (Å²) in [5, 5.41) is 2.05. The second-order valence-electron chi connectivity index (χ2n) is 3.71. The molecule has 0 heterocycles. The topological polar surface area (TPSA) is 0 Å². The fourth-order valence-electron chi connectivity index (χ4n) is 1.65. The molecule has 0 fully saturated rings. The molecule has 0 unspecified atom stereocenters. The van der Waals surface area contributed by atoms with Crippen LogP contribution in [0, 0.1) is 6.92 Å². The van der Waals surface area contributed by atoms with Gasteiger partial charge in [-0.25, -0.2) is 8.78 Å². The molecule has 0 N–H and O–H groups in total. The van der Waals surface area contributed by atoms with Crippen LogP contribution in [0.3, 0.4) is 0 Å². The maximum absolute atomic E-state index is 12.7. The zero-order valence-corrected chi connectivity index (χ0v) is 8.21. The van der Waals surface area contributed by atoms with Gasteiger partial charge in [-0.3, -0.25) is 0 Å². The number of halogens is 2. The molecule has 0 bridgehead atoms. The van der Waals surface area contributed by atoms with Crippen molar-refractivity contribution in [2.75, 3.05) is 0 Å². The second-order valence-corrected chi connectivity index (χ2v) is 3.71.